The Balaban J connectivity index is 2.92. The van der Waals surface area contributed by atoms with Crippen LogP contribution in [-0.4, -0.2) is 5.11 Å². The maximum atomic E-state index is 9.54. The first-order valence-corrected chi connectivity index (χ1v) is 4.57. The first-order valence-electron chi connectivity index (χ1n) is 4.57. The minimum atomic E-state index is 0.436. The number of para-hydroxylation sites is 1. The molecule has 66 valence electrons. The Bertz CT molecular complexity index is 239. The molecule has 0 amide bonds. The van der Waals surface area contributed by atoms with Gasteiger partial charge in [-0.2, -0.15) is 0 Å². The lowest BCUT2D eigenvalue weighted by Gasteiger charge is -2.13. The molecule has 0 fully saturated rings. The Labute approximate surface area is 74.1 Å². The van der Waals surface area contributed by atoms with Crippen LogP contribution in [0.25, 0.3) is 0 Å². The van der Waals surface area contributed by atoms with Crippen LogP contribution in [0.15, 0.2) is 24.3 Å². The molecule has 1 aromatic rings. The van der Waals surface area contributed by atoms with E-state index in [1.807, 2.05) is 18.2 Å². The highest BCUT2D eigenvalue weighted by Crippen LogP contribution is 2.29. The summed E-state index contributed by atoms with van der Waals surface area (Å²) in [6.45, 7) is 4.31. The van der Waals surface area contributed by atoms with Crippen molar-refractivity contribution in [1.82, 2.24) is 0 Å². The van der Waals surface area contributed by atoms with E-state index in [-0.39, 0.29) is 0 Å². The molecule has 1 aromatic carbocycles. The van der Waals surface area contributed by atoms with Crippen molar-refractivity contribution >= 4 is 0 Å². The molecule has 0 aliphatic rings. The molecule has 1 rings (SSSR count). The molecule has 0 aliphatic heterocycles. The second kappa shape index (κ2) is 4.15. The summed E-state index contributed by atoms with van der Waals surface area (Å²) in [5.41, 5.74) is 1.09. The van der Waals surface area contributed by atoms with Crippen LogP contribution in [0.4, 0.5) is 0 Å². The fourth-order valence-electron chi connectivity index (χ4n) is 1.56. The zero-order chi connectivity index (χ0) is 8.97. The van der Waals surface area contributed by atoms with Gasteiger partial charge in [0.05, 0.1) is 0 Å². The summed E-state index contributed by atoms with van der Waals surface area (Å²) in [6.07, 6.45) is 2.18. The third kappa shape index (κ3) is 1.79. The van der Waals surface area contributed by atoms with E-state index in [0.29, 0.717) is 11.7 Å². The number of rotatable bonds is 3. The molecule has 0 saturated carbocycles. The first kappa shape index (κ1) is 9.11. The maximum absolute atomic E-state index is 9.54. The van der Waals surface area contributed by atoms with E-state index in [4.69, 9.17) is 0 Å². The predicted molar refractivity (Wildman–Crippen MR) is 51.4 cm³/mol. The van der Waals surface area contributed by atoms with Crippen molar-refractivity contribution in [1.29, 1.82) is 0 Å². The molecule has 12 heavy (non-hydrogen) atoms. The summed E-state index contributed by atoms with van der Waals surface area (Å²) in [7, 11) is 0. The summed E-state index contributed by atoms with van der Waals surface area (Å²) in [6, 6.07) is 7.61. The van der Waals surface area contributed by atoms with E-state index in [2.05, 4.69) is 13.8 Å². The third-order valence-electron chi connectivity index (χ3n) is 2.36. The molecule has 1 N–H and O–H groups in total. The van der Waals surface area contributed by atoms with Gasteiger partial charge in [0.15, 0.2) is 0 Å². The van der Waals surface area contributed by atoms with Crippen LogP contribution in [0.1, 0.15) is 38.2 Å². The van der Waals surface area contributed by atoms with Crippen molar-refractivity contribution in [3.63, 3.8) is 0 Å². The van der Waals surface area contributed by atoms with Crippen LogP contribution >= 0.6 is 0 Å². The van der Waals surface area contributed by atoms with Crippen molar-refractivity contribution in [2.75, 3.05) is 0 Å². The molecular weight excluding hydrogens is 148 g/mol. The van der Waals surface area contributed by atoms with E-state index in [1.165, 1.54) is 0 Å². The summed E-state index contributed by atoms with van der Waals surface area (Å²) >= 11 is 0. The van der Waals surface area contributed by atoms with E-state index >= 15 is 0 Å². The molecule has 0 bridgehead atoms. The smallest absolute Gasteiger partial charge is 0.119 e. The van der Waals surface area contributed by atoms with Crippen LogP contribution < -0.4 is 0 Å². The SMILES string of the molecule is CCC(CC)c1ccccc1O. The Morgan fingerprint density at radius 2 is 1.75 bits per heavy atom. The number of phenolic OH excluding ortho intramolecular Hbond substituents is 1. The Kier molecular flexibility index (Phi) is 3.15. The number of aromatic hydroxyl groups is 1. The van der Waals surface area contributed by atoms with Gasteiger partial charge in [0.25, 0.3) is 0 Å². The van der Waals surface area contributed by atoms with Crippen LogP contribution in [0, 0.1) is 0 Å². The molecule has 0 saturated heterocycles. The van der Waals surface area contributed by atoms with E-state index in [9.17, 15) is 5.11 Å². The van der Waals surface area contributed by atoms with E-state index in [1.54, 1.807) is 6.07 Å². The molecule has 0 unspecified atom stereocenters. The van der Waals surface area contributed by atoms with Gasteiger partial charge < -0.3 is 5.11 Å². The largest absolute Gasteiger partial charge is 0.508 e. The van der Waals surface area contributed by atoms with E-state index in [0.717, 1.165) is 18.4 Å². The van der Waals surface area contributed by atoms with Crippen molar-refractivity contribution < 1.29 is 5.11 Å². The van der Waals surface area contributed by atoms with Gasteiger partial charge in [-0.1, -0.05) is 32.0 Å². The lowest BCUT2D eigenvalue weighted by atomic mass is 9.93. The zero-order valence-corrected chi connectivity index (χ0v) is 7.75. The number of benzene rings is 1. The standard InChI is InChI=1S/C11H16O/c1-3-9(4-2)10-7-5-6-8-11(10)12/h5-9,12H,3-4H2,1-2H3. The molecule has 0 spiro atoms. The Hall–Kier alpha value is -0.980. The fraction of sp³-hybridized carbons (Fsp3) is 0.455. The molecule has 0 aliphatic carbocycles. The number of hydrogen-bond donors (Lipinski definition) is 1. The van der Waals surface area contributed by atoms with Gasteiger partial charge in [-0.25, -0.2) is 0 Å². The third-order valence-corrected chi connectivity index (χ3v) is 2.36. The van der Waals surface area contributed by atoms with Gasteiger partial charge in [-0.3, -0.25) is 0 Å². The molecule has 1 nitrogen and oxygen atoms in total. The lowest BCUT2D eigenvalue weighted by Crippen LogP contribution is -1.94. The monoisotopic (exact) mass is 164 g/mol. The summed E-state index contributed by atoms with van der Waals surface area (Å²) < 4.78 is 0. The van der Waals surface area contributed by atoms with Gasteiger partial charge in [0.2, 0.25) is 0 Å². The van der Waals surface area contributed by atoms with Gasteiger partial charge in [-0.15, -0.1) is 0 Å². The minimum Gasteiger partial charge on any atom is -0.508 e. The quantitative estimate of drug-likeness (QED) is 0.726. The van der Waals surface area contributed by atoms with Crippen LogP contribution in [0.3, 0.4) is 0 Å². The highest BCUT2D eigenvalue weighted by Gasteiger charge is 2.09. The van der Waals surface area contributed by atoms with Crippen molar-refractivity contribution in [3.8, 4) is 5.75 Å². The summed E-state index contributed by atoms with van der Waals surface area (Å²) in [4.78, 5) is 0. The average Bonchev–Trinajstić information content (AvgIpc) is 2.10. The van der Waals surface area contributed by atoms with Gasteiger partial charge >= 0.3 is 0 Å². The maximum Gasteiger partial charge on any atom is 0.119 e. The molecule has 0 heterocycles. The van der Waals surface area contributed by atoms with Crippen molar-refractivity contribution in [2.45, 2.75) is 32.6 Å². The molecule has 0 aromatic heterocycles. The lowest BCUT2D eigenvalue weighted by molar-refractivity contribution is 0.457. The molecule has 1 heteroatoms. The Morgan fingerprint density at radius 3 is 2.25 bits per heavy atom. The fourth-order valence-corrected chi connectivity index (χ4v) is 1.56. The van der Waals surface area contributed by atoms with Gasteiger partial charge in [0.1, 0.15) is 5.75 Å². The summed E-state index contributed by atoms with van der Waals surface area (Å²) in [5.74, 6) is 0.942. The van der Waals surface area contributed by atoms with E-state index < -0.39 is 0 Å². The van der Waals surface area contributed by atoms with Crippen molar-refractivity contribution in [2.24, 2.45) is 0 Å². The Morgan fingerprint density at radius 1 is 1.17 bits per heavy atom. The van der Waals surface area contributed by atoms with Crippen LogP contribution in [-0.2, 0) is 0 Å². The predicted octanol–water partition coefficient (Wildman–Crippen LogP) is 3.30. The summed E-state index contributed by atoms with van der Waals surface area (Å²) in [5, 5.41) is 9.54. The molecule has 0 radical (unpaired) electrons. The molecular formula is C11H16O. The number of phenols is 1. The normalized spacial score (nSPS) is 10.6. The second-order valence-corrected chi connectivity index (χ2v) is 3.07. The van der Waals surface area contributed by atoms with Crippen LogP contribution in [0.2, 0.25) is 0 Å². The van der Waals surface area contributed by atoms with Crippen molar-refractivity contribution in [3.05, 3.63) is 29.8 Å². The first-order chi connectivity index (χ1) is 5.79. The second-order valence-electron chi connectivity index (χ2n) is 3.07. The van der Waals surface area contributed by atoms with Gasteiger partial charge in [0, 0.05) is 0 Å². The zero-order valence-electron chi connectivity index (χ0n) is 7.75. The highest BCUT2D eigenvalue weighted by molar-refractivity contribution is 5.34. The minimum absolute atomic E-state index is 0.436. The molecule has 0 atom stereocenters. The van der Waals surface area contributed by atoms with Gasteiger partial charge in [-0.05, 0) is 30.4 Å². The highest BCUT2D eigenvalue weighted by atomic mass is 16.3. The average molecular weight is 164 g/mol. The van der Waals surface area contributed by atoms with Crippen LogP contribution in [0.5, 0.6) is 5.75 Å². The number of hydrogen-bond acceptors (Lipinski definition) is 1. The topological polar surface area (TPSA) is 20.2 Å².